The Balaban J connectivity index is 1.14. The first kappa shape index (κ1) is 40.5. The second kappa shape index (κ2) is 18.6. The molecule has 0 radical (unpaired) electrons. The lowest BCUT2D eigenvalue weighted by atomic mass is 10.0. The first-order valence-electron chi connectivity index (χ1n) is 16.6. The van der Waals surface area contributed by atoms with Gasteiger partial charge in [0.1, 0.15) is 18.1 Å². The maximum atomic E-state index is 13.1. The molecule has 0 aliphatic carbocycles. The second-order valence-electron chi connectivity index (χ2n) is 12.0. The van der Waals surface area contributed by atoms with E-state index < -0.39 is 66.7 Å². The Hall–Kier alpha value is -5.69. The lowest BCUT2D eigenvalue weighted by Crippen LogP contribution is -2.56. The van der Waals surface area contributed by atoms with Gasteiger partial charge in [0, 0.05) is 42.7 Å². The zero-order valence-electron chi connectivity index (χ0n) is 29.2. The molecule has 0 aliphatic heterocycles. The molecule has 0 saturated heterocycles. The second-order valence-corrected chi connectivity index (χ2v) is 16.3. The number of benzene rings is 1. The summed E-state index contributed by atoms with van der Waals surface area (Å²) >= 11 is 5.90. The van der Waals surface area contributed by atoms with Gasteiger partial charge in [-0.3, -0.25) is 28.8 Å². The summed E-state index contributed by atoms with van der Waals surface area (Å²) in [5, 5.41) is 30.7. The molecule has 5 rings (SSSR count). The molecule has 286 valence electrons. The van der Waals surface area contributed by atoms with E-state index in [1.165, 1.54) is 29.6 Å². The van der Waals surface area contributed by atoms with Crippen LogP contribution >= 0.6 is 45.3 Å². The van der Waals surface area contributed by atoms with Gasteiger partial charge in [0.2, 0.25) is 17.7 Å². The molecule has 18 heteroatoms. The lowest BCUT2D eigenvalue weighted by Gasteiger charge is -2.23. The molecule has 0 bridgehead atoms. The maximum Gasteiger partial charge on any atom is 0.326 e. The van der Waals surface area contributed by atoms with Crippen LogP contribution < -0.4 is 26.6 Å². The number of amides is 5. The molecule has 55 heavy (non-hydrogen) atoms. The van der Waals surface area contributed by atoms with Gasteiger partial charge < -0.3 is 36.8 Å². The zero-order chi connectivity index (χ0) is 39.6. The molecule has 7 N–H and O–H groups in total. The van der Waals surface area contributed by atoms with Crippen molar-refractivity contribution in [2.75, 3.05) is 13.6 Å². The van der Waals surface area contributed by atoms with Gasteiger partial charge in [0.25, 0.3) is 11.8 Å². The highest BCUT2D eigenvalue weighted by Crippen LogP contribution is 2.43. The van der Waals surface area contributed by atoms with Crippen LogP contribution in [0.1, 0.15) is 38.3 Å². The SMILES string of the molecule is CNC(=O)c1ccc(-c2ccc(-c3ccc(-c4ccc(C(=O)NCC(=O)N[C@@H](C)C(=O)NC(Cc5ccccc5)C(=O)N[C@@H](CC(=O)O)C(=O)O)s4)s3)s2)s1. The minimum Gasteiger partial charge on any atom is -0.481 e. The van der Waals surface area contributed by atoms with Crippen molar-refractivity contribution in [2.45, 2.75) is 37.9 Å². The quantitative estimate of drug-likeness (QED) is 0.0710. The van der Waals surface area contributed by atoms with Crippen LogP contribution in [0.5, 0.6) is 0 Å². The molecular formula is C37H35N5O9S4. The number of thiophene rings is 4. The number of carboxylic acid groups (broad SMARTS) is 2. The van der Waals surface area contributed by atoms with Crippen molar-refractivity contribution in [3.05, 3.63) is 94.2 Å². The van der Waals surface area contributed by atoms with Crippen LogP contribution in [-0.4, -0.2) is 83.4 Å². The highest BCUT2D eigenvalue weighted by atomic mass is 32.1. The zero-order valence-corrected chi connectivity index (χ0v) is 32.5. The number of hydrogen-bond donors (Lipinski definition) is 7. The Morgan fingerprint density at radius 1 is 0.600 bits per heavy atom. The average Bonchev–Trinajstić information content (AvgIpc) is 3.99. The fourth-order valence-electron chi connectivity index (χ4n) is 5.12. The van der Waals surface area contributed by atoms with Crippen molar-refractivity contribution < 1.29 is 43.8 Å². The molecule has 4 aromatic heterocycles. The minimum absolute atomic E-state index is 0.0448. The maximum absolute atomic E-state index is 13.1. The van der Waals surface area contributed by atoms with Crippen LogP contribution in [0.3, 0.4) is 0 Å². The lowest BCUT2D eigenvalue weighted by molar-refractivity contribution is -0.147. The molecule has 0 fully saturated rings. The number of nitrogens with one attached hydrogen (secondary N) is 5. The normalized spacial score (nSPS) is 12.5. The Kier molecular flexibility index (Phi) is 13.7. The highest BCUT2D eigenvalue weighted by Gasteiger charge is 2.30. The van der Waals surface area contributed by atoms with Crippen LogP contribution in [0.25, 0.3) is 29.3 Å². The van der Waals surface area contributed by atoms with Crippen LogP contribution in [0.15, 0.2) is 78.9 Å². The average molecular weight is 822 g/mol. The summed E-state index contributed by atoms with van der Waals surface area (Å²) in [5.41, 5.74) is 0.633. The van der Waals surface area contributed by atoms with Gasteiger partial charge in [-0.1, -0.05) is 30.3 Å². The Bertz CT molecular complexity index is 2210. The van der Waals surface area contributed by atoms with Crippen molar-refractivity contribution in [1.82, 2.24) is 26.6 Å². The van der Waals surface area contributed by atoms with Gasteiger partial charge in [-0.15, -0.1) is 45.3 Å². The summed E-state index contributed by atoms with van der Waals surface area (Å²) in [7, 11) is 1.60. The van der Waals surface area contributed by atoms with Gasteiger partial charge in [-0.05, 0) is 61.0 Å². The van der Waals surface area contributed by atoms with E-state index in [0.29, 0.717) is 15.3 Å². The fraction of sp³-hybridized carbons (Fsp3) is 0.216. The number of carbonyl (C=O) groups excluding carboxylic acids is 5. The number of hydrogen-bond acceptors (Lipinski definition) is 11. The van der Waals surface area contributed by atoms with E-state index in [2.05, 4.69) is 26.6 Å². The third-order valence-electron chi connectivity index (χ3n) is 7.92. The van der Waals surface area contributed by atoms with E-state index in [4.69, 9.17) is 5.11 Å². The molecule has 14 nitrogen and oxygen atoms in total. The van der Waals surface area contributed by atoms with Crippen molar-refractivity contribution in [3.8, 4) is 29.3 Å². The third kappa shape index (κ3) is 10.9. The number of aliphatic carboxylic acids is 2. The van der Waals surface area contributed by atoms with Crippen molar-refractivity contribution >= 4 is 86.8 Å². The first-order valence-corrected chi connectivity index (χ1v) is 19.9. The summed E-state index contributed by atoms with van der Waals surface area (Å²) in [6, 6.07) is 19.7. The molecule has 0 spiro atoms. The minimum atomic E-state index is -1.73. The van der Waals surface area contributed by atoms with E-state index in [9.17, 15) is 38.7 Å². The summed E-state index contributed by atoms with van der Waals surface area (Å²) in [4.78, 5) is 93.4. The van der Waals surface area contributed by atoms with Crippen LogP contribution in [0.2, 0.25) is 0 Å². The smallest absolute Gasteiger partial charge is 0.326 e. The molecule has 5 amide bonds. The van der Waals surface area contributed by atoms with E-state index in [-0.39, 0.29) is 12.3 Å². The predicted molar refractivity (Wildman–Crippen MR) is 211 cm³/mol. The summed E-state index contributed by atoms with van der Waals surface area (Å²) in [6.07, 6.45) is -0.915. The molecule has 1 unspecified atom stereocenters. The number of rotatable bonds is 17. The Morgan fingerprint density at radius 2 is 1.09 bits per heavy atom. The summed E-state index contributed by atoms with van der Waals surface area (Å²) in [5.74, 6) is -5.95. The molecular weight excluding hydrogens is 787 g/mol. The Morgan fingerprint density at radius 3 is 1.60 bits per heavy atom. The van der Waals surface area contributed by atoms with Crippen molar-refractivity contribution in [3.63, 3.8) is 0 Å². The standard InChI is InChI=1S/C37H35N5O9S4/c1-19(33(46)41-21(16-20-6-4-3-5-7-20)34(47)42-22(37(50)51)17-32(44)45)40-31(43)18-39-36(49)30-15-13-28(55-30)26-11-9-24(53-26)23-8-10-25(52-23)27-12-14-29(54-27)35(48)38-2/h3-15,19,21-22H,16-18H2,1-2H3,(H,38,48)(H,39,49)(H,40,43)(H,41,46)(H,42,47)(H,44,45)(H,50,51)/t19-,21?,22-/m0/s1. The van der Waals surface area contributed by atoms with Gasteiger partial charge in [-0.2, -0.15) is 0 Å². The van der Waals surface area contributed by atoms with Gasteiger partial charge >= 0.3 is 11.9 Å². The van der Waals surface area contributed by atoms with Crippen molar-refractivity contribution in [2.24, 2.45) is 0 Å². The van der Waals surface area contributed by atoms with E-state index in [0.717, 1.165) is 29.3 Å². The van der Waals surface area contributed by atoms with E-state index in [1.54, 1.807) is 66.1 Å². The Labute approximate surface area is 330 Å². The van der Waals surface area contributed by atoms with Crippen LogP contribution in [0.4, 0.5) is 0 Å². The molecule has 4 heterocycles. The van der Waals surface area contributed by atoms with E-state index >= 15 is 0 Å². The molecule has 3 atom stereocenters. The fourth-order valence-corrected chi connectivity index (χ4v) is 9.28. The molecule has 1 aromatic carbocycles. The van der Waals surface area contributed by atoms with Gasteiger partial charge in [-0.25, -0.2) is 4.79 Å². The first-order chi connectivity index (χ1) is 26.3. The monoisotopic (exact) mass is 821 g/mol. The molecule has 0 saturated carbocycles. The van der Waals surface area contributed by atoms with Gasteiger partial charge in [0.15, 0.2) is 0 Å². The van der Waals surface area contributed by atoms with Crippen molar-refractivity contribution in [1.29, 1.82) is 0 Å². The summed E-state index contributed by atoms with van der Waals surface area (Å²) < 4.78 is 0. The molecule has 5 aromatic rings. The highest BCUT2D eigenvalue weighted by molar-refractivity contribution is 7.29. The van der Waals surface area contributed by atoms with Crippen LogP contribution in [0, 0.1) is 0 Å². The number of carboxylic acids is 2. The predicted octanol–water partition coefficient (Wildman–Crippen LogP) is 4.30. The van der Waals surface area contributed by atoms with Crippen LogP contribution in [-0.2, 0) is 30.4 Å². The summed E-state index contributed by atoms with van der Waals surface area (Å²) in [6.45, 7) is 0.937. The largest absolute Gasteiger partial charge is 0.481 e. The molecule has 0 aliphatic rings. The van der Waals surface area contributed by atoms with Gasteiger partial charge in [0.05, 0.1) is 22.7 Å². The third-order valence-corrected chi connectivity index (χ3v) is 12.8. The number of carbonyl (C=O) groups is 7. The van der Waals surface area contributed by atoms with E-state index in [1.807, 2.05) is 42.5 Å². The topological polar surface area (TPSA) is 220 Å².